The molecule has 2 atom stereocenters. The van der Waals surface area contributed by atoms with E-state index < -0.39 is 0 Å². The van der Waals surface area contributed by atoms with Crippen LogP contribution in [0, 0.1) is 11.8 Å². The summed E-state index contributed by atoms with van der Waals surface area (Å²) < 4.78 is 0. The van der Waals surface area contributed by atoms with E-state index in [4.69, 9.17) is 5.73 Å². The molecule has 1 fully saturated rings. The molecule has 0 spiro atoms. The Labute approximate surface area is 120 Å². The van der Waals surface area contributed by atoms with Gasteiger partial charge in [0.05, 0.1) is 0 Å². The number of hydrogen-bond acceptors (Lipinski definition) is 3. The number of benzene rings is 1. The van der Waals surface area contributed by atoms with Crippen molar-refractivity contribution in [3.63, 3.8) is 0 Å². The van der Waals surface area contributed by atoms with E-state index in [-0.39, 0.29) is 11.8 Å². The molecule has 108 valence electrons. The Kier molecular flexibility index (Phi) is 4.03. The molecule has 0 unspecified atom stereocenters. The summed E-state index contributed by atoms with van der Waals surface area (Å²) in [5.74, 6) is 0.588. The van der Waals surface area contributed by atoms with E-state index in [0.717, 1.165) is 44.5 Å². The average Bonchev–Trinajstić information content (AvgIpc) is 2.95. The second-order valence-corrected chi connectivity index (χ2v) is 5.93. The lowest BCUT2D eigenvalue weighted by molar-refractivity contribution is -0.120. The van der Waals surface area contributed by atoms with Gasteiger partial charge in [-0.2, -0.15) is 0 Å². The maximum absolute atomic E-state index is 12.4. The maximum atomic E-state index is 12.4. The molecule has 4 nitrogen and oxygen atoms in total. The highest BCUT2D eigenvalue weighted by Gasteiger charge is 2.31. The molecule has 2 aliphatic rings. The van der Waals surface area contributed by atoms with Crippen LogP contribution in [-0.2, 0) is 17.8 Å². The van der Waals surface area contributed by atoms with Gasteiger partial charge in [-0.1, -0.05) is 12.5 Å². The van der Waals surface area contributed by atoms with Crippen LogP contribution in [0.3, 0.4) is 0 Å². The number of nitrogens with two attached hydrogens (primary N) is 1. The van der Waals surface area contributed by atoms with E-state index in [1.165, 1.54) is 11.1 Å². The lowest BCUT2D eigenvalue weighted by Gasteiger charge is -2.20. The van der Waals surface area contributed by atoms with Crippen molar-refractivity contribution in [3.05, 3.63) is 29.3 Å². The second-order valence-electron chi connectivity index (χ2n) is 5.93. The van der Waals surface area contributed by atoms with Crippen molar-refractivity contribution < 1.29 is 4.79 Å². The predicted molar refractivity (Wildman–Crippen MR) is 80.4 cm³/mol. The molecule has 1 heterocycles. The van der Waals surface area contributed by atoms with Crippen molar-refractivity contribution >= 4 is 11.6 Å². The molecule has 0 radical (unpaired) electrons. The van der Waals surface area contributed by atoms with Crippen LogP contribution in [0.25, 0.3) is 0 Å². The average molecular weight is 273 g/mol. The van der Waals surface area contributed by atoms with Crippen LogP contribution >= 0.6 is 0 Å². The zero-order chi connectivity index (χ0) is 13.9. The van der Waals surface area contributed by atoms with Crippen LogP contribution in [0.15, 0.2) is 18.2 Å². The molecule has 4 N–H and O–H groups in total. The Morgan fingerprint density at radius 3 is 3.10 bits per heavy atom. The molecule has 20 heavy (non-hydrogen) atoms. The Morgan fingerprint density at radius 2 is 2.25 bits per heavy atom. The first-order chi connectivity index (χ1) is 9.78. The van der Waals surface area contributed by atoms with Crippen molar-refractivity contribution in [2.24, 2.45) is 17.6 Å². The van der Waals surface area contributed by atoms with E-state index >= 15 is 0 Å². The summed E-state index contributed by atoms with van der Waals surface area (Å²) in [6, 6.07) is 6.26. The number of carbonyl (C=O) groups excluding carboxylic acids is 1. The normalized spacial score (nSPS) is 25.2. The number of amides is 1. The molecule has 1 amide bonds. The summed E-state index contributed by atoms with van der Waals surface area (Å²) >= 11 is 0. The number of rotatable bonds is 3. The van der Waals surface area contributed by atoms with Crippen LogP contribution in [0.1, 0.15) is 30.4 Å². The van der Waals surface area contributed by atoms with Crippen molar-refractivity contribution in [1.82, 2.24) is 5.32 Å². The van der Waals surface area contributed by atoms with Crippen LogP contribution in [0.5, 0.6) is 0 Å². The molecule has 1 saturated carbocycles. The summed E-state index contributed by atoms with van der Waals surface area (Å²) in [4.78, 5) is 12.4. The standard InChI is InChI=1S/C16H23N3O/c17-9-12-2-1-3-15(12)16(20)19-14-5-4-11-6-7-18-10-13(11)8-14/h4-5,8,12,15,18H,1-3,6-7,9-10,17H2,(H,19,20)/t12-,15-/m1/s1. The monoisotopic (exact) mass is 273 g/mol. The molecule has 3 rings (SSSR count). The Morgan fingerprint density at radius 1 is 1.35 bits per heavy atom. The Balaban J connectivity index is 1.69. The van der Waals surface area contributed by atoms with E-state index in [9.17, 15) is 4.79 Å². The van der Waals surface area contributed by atoms with Gasteiger partial charge >= 0.3 is 0 Å². The third kappa shape index (κ3) is 2.72. The number of fused-ring (bicyclic) bond motifs is 1. The van der Waals surface area contributed by atoms with Crippen LogP contribution in [0.4, 0.5) is 5.69 Å². The molecule has 1 aromatic carbocycles. The molecule has 0 saturated heterocycles. The molecular weight excluding hydrogens is 250 g/mol. The summed E-state index contributed by atoms with van der Waals surface area (Å²) in [6.07, 6.45) is 4.25. The van der Waals surface area contributed by atoms with Crippen molar-refractivity contribution in [1.29, 1.82) is 0 Å². The van der Waals surface area contributed by atoms with E-state index in [0.29, 0.717) is 12.5 Å². The first kappa shape index (κ1) is 13.6. The quantitative estimate of drug-likeness (QED) is 0.784. The highest BCUT2D eigenvalue weighted by molar-refractivity contribution is 5.93. The first-order valence-electron chi connectivity index (χ1n) is 7.61. The van der Waals surface area contributed by atoms with Crippen molar-refractivity contribution in [2.75, 3.05) is 18.4 Å². The van der Waals surface area contributed by atoms with Gasteiger partial charge in [0.2, 0.25) is 5.91 Å². The summed E-state index contributed by atoms with van der Waals surface area (Å²) in [6.45, 7) is 2.55. The molecule has 1 aliphatic carbocycles. The second kappa shape index (κ2) is 5.94. The van der Waals surface area contributed by atoms with Crippen molar-refractivity contribution in [3.8, 4) is 0 Å². The number of nitrogens with one attached hydrogen (secondary N) is 2. The number of carbonyl (C=O) groups is 1. The summed E-state index contributed by atoms with van der Waals surface area (Å²) in [5, 5.41) is 6.44. The highest BCUT2D eigenvalue weighted by atomic mass is 16.1. The van der Waals surface area contributed by atoms with E-state index in [2.05, 4.69) is 22.8 Å². The van der Waals surface area contributed by atoms with Gasteiger partial charge in [-0.05, 0) is 61.5 Å². The third-order valence-electron chi connectivity index (χ3n) is 4.66. The van der Waals surface area contributed by atoms with E-state index in [1.54, 1.807) is 0 Å². The SMILES string of the molecule is NC[C@H]1CCC[C@H]1C(=O)Nc1ccc2c(c1)CNCC2. The fourth-order valence-electron chi connectivity index (χ4n) is 3.46. The van der Waals surface area contributed by atoms with Gasteiger partial charge in [0.1, 0.15) is 0 Å². The van der Waals surface area contributed by atoms with Crippen molar-refractivity contribution in [2.45, 2.75) is 32.2 Å². The topological polar surface area (TPSA) is 67.2 Å². The molecule has 0 bridgehead atoms. The lowest BCUT2D eigenvalue weighted by Crippen LogP contribution is -2.30. The summed E-state index contributed by atoms with van der Waals surface area (Å²) in [5.41, 5.74) is 9.37. The molecule has 0 aromatic heterocycles. The van der Waals surface area contributed by atoms with Crippen LogP contribution in [0.2, 0.25) is 0 Å². The van der Waals surface area contributed by atoms with Crippen LogP contribution < -0.4 is 16.4 Å². The van der Waals surface area contributed by atoms with E-state index in [1.807, 2.05) is 6.07 Å². The van der Waals surface area contributed by atoms with Gasteiger partial charge < -0.3 is 16.4 Å². The number of anilines is 1. The molecule has 1 aliphatic heterocycles. The third-order valence-corrected chi connectivity index (χ3v) is 4.66. The van der Waals surface area contributed by atoms with Gasteiger partial charge in [-0.15, -0.1) is 0 Å². The predicted octanol–water partition coefficient (Wildman–Crippen LogP) is 1.65. The molecule has 4 heteroatoms. The fourth-order valence-corrected chi connectivity index (χ4v) is 3.46. The highest BCUT2D eigenvalue weighted by Crippen LogP contribution is 2.32. The lowest BCUT2D eigenvalue weighted by atomic mass is 9.95. The first-order valence-corrected chi connectivity index (χ1v) is 7.61. The zero-order valence-corrected chi connectivity index (χ0v) is 11.8. The summed E-state index contributed by atoms with van der Waals surface area (Å²) in [7, 11) is 0. The Hall–Kier alpha value is -1.39. The minimum absolute atomic E-state index is 0.0918. The minimum atomic E-state index is 0.0918. The zero-order valence-electron chi connectivity index (χ0n) is 11.8. The fraction of sp³-hybridized carbons (Fsp3) is 0.562. The van der Waals surface area contributed by atoms with Gasteiger partial charge in [-0.25, -0.2) is 0 Å². The smallest absolute Gasteiger partial charge is 0.227 e. The van der Waals surface area contributed by atoms with Gasteiger partial charge in [0.15, 0.2) is 0 Å². The van der Waals surface area contributed by atoms with Crippen LogP contribution in [-0.4, -0.2) is 19.0 Å². The maximum Gasteiger partial charge on any atom is 0.227 e. The number of hydrogen-bond donors (Lipinski definition) is 3. The van der Waals surface area contributed by atoms with Gasteiger partial charge in [0, 0.05) is 18.2 Å². The molecular formula is C16H23N3O. The molecule has 1 aromatic rings. The Bertz CT molecular complexity index is 500. The van der Waals surface area contributed by atoms with Gasteiger partial charge in [0.25, 0.3) is 0 Å². The minimum Gasteiger partial charge on any atom is -0.330 e. The largest absolute Gasteiger partial charge is 0.330 e. The van der Waals surface area contributed by atoms with Gasteiger partial charge in [-0.3, -0.25) is 4.79 Å².